The number of halogens is 3. The highest BCUT2D eigenvalue weighted by Crippen LogP contribution is 2.23. The van der Waals surface area contributed by atoms with Crippen molar-refractivity contribution in [3.8, 4) is 0 Å². The van der Waals surface area contributed by atoms with E-state index in [1.807, 2.05) is 0 Å². The van der Waals surface area contributed by atoms with Gasteiger partial charge >= 0.3 is 5.69 Å². The Kier molecular flexibility index (Phi) is 5.40. The largest absolute Gasteiger partial charge is 0.389 e. The topological polar surface area (TPSA) is 64.2 Å². The second-order valence-electron chi connectivity index (χ2n) is 7.37. The Morgan fingerprint density at radius 3 is 2.32 bits per heavy atom. The molecule has 0 bridgehead atoms. The van der Waals surface area contributed by atoms with Crippen LogP contribution in [0.1, 0.15) is 32.4 Å². The summed E-state index contributed by atoms with van der Waals surface area (Å²) in [5.74, 6) is -0.759. The predicted octanol–water partition coefficient (Wildman–Crippen LogP) is 3.99. The van der Waals surface area contributed by atoms with Gasteiger partial charge in [-0.25, -0.2) is 9.18 Å². The van der Waals surface area contributed by atoms with Crippen molar-refractivity contribution >= 4 is 34.1 Å². The maximum atomic E-state index is 14.1. The van der Waals surface area contributed by atoms with E-state index in [4.69, 9.17) is 23.2 Å². The van der Waals surface area contributed by atoms with Crippen LogP contribution in [0.2, 0.25) is 10.0 Å². The Labute approximate surface area is 170 Å². The fraction of sp³-hybridized carbons (Fsp3) is 0.300. The van der Waals surface area contributed by atoms with E-state index in [-0.39, 0.29) is 22.5 Å². The molecular weight excluding hydrogens is 406 g/mol. The third kappa shape index (κ3) is 3.85. The van der Waals surface area contributed by atoms with Crippen molar-refractivity contribution < 1.29 is 9.50 Å². The van der Waals surface area contributed by atoms with Gasteiger partial charge in [0.15, 0.2) is 0 Å². The second kappa shape index (κ2) is 7.35. The van der Waals surface area contributed by atoms with Crippen molar-refractivity contribution in [3.63, 3.8) is 0 Å². The number of fused-ring (bicyclic) bond motifs is 1. The van der Waals surface area contributed by atoms with Gasteiger partial charge in [-0.15, -0.1) is 0 Å². The average molecular weight is 425 g/mol. The van der Waals surface area contributed by atoms with Crippen LogP contribution in [-0.4, -0.2) is 19.8 Å². The van der Waals surface area contributed by atoms with Gasteiger partial charge in [0.1, 0.15) is 5.82 Å². The van der Waals surface area contributed by atoms with Crippen molar-refractivity contribution in [2.24, 2.45) is 0 Å². The van der Waals surface area contributed by atoms with Gasteiger partial charge in [0.2, 0.25) is 0 Å². The number of aromatic nitrogens is 2. The molecule has 1 atom stereocenters. The Morgan fingerprint density at radius 2 is 1.75 bits per heavy atom. The Morgan fingerprint density at radius 1 is 1.14 bits per heavy atom. The van der Waals surface area contributed by atoms with E-state index >= 15 is 0 Å². The lowest BCUT2D eigenvalue weighted by atomic mass is 10.1. The minimum Gasteiger partial charge on any atom is -0.389 e. The normalized spacial score (nSPS) is 13.1. The van der Waals surface area contributed by atoms with E-state index in [9.17, 15) is 19.1 Å². The van der Waals surface area contributed by atoms with Gasteiger partial charge in [-0.1, -0.05) is 35.3 Å². The fourth-order valence-electron chi connectivity index (χ4n) is 3.15. The molecule has 148 valence electrons. The third-order valence-corrected chi connectivity index (χ3v) is 5.04. The lowest BCUT2D eigenvalue weighted by Crippen LogP contribution is -2.44. The minimum atomic E-state index is -1.25. The summed E-state index contributed by atoms with van der Waals surface area (Å²) in [5.41, 5.74) is -1.64. The maximum absolute atomic E-state index is 14.1. The number of benzene rings is 2. The zero-order chi connectivity index (χ0) is 20.8. The molecule has 0 saturated carbocycles. The van der Waals surface area contributed by atoms with E-state index in [1.54, 1.807) is 31.2 Å². The molecule has 1 heterocycles. The number of hydrogen-bond acceptors (Lipinski definition) is 3. The molecule has 1 aromatic heterocycles. The van der Waals surface area contributed by atoms with Gasteiger partial charge in [0.25, 0.3) is 5.56 Å². The molecule has 8 heteroatoms. The maximum Gasteiger partial charge on any atom is 0.332 e. The molecule has 0 fully saturated rings. The number of hydrogen-bond donors (Lipinski definition) is 1. The standard InChI is InChI=1S/C20H19Cl2FN2O3/c1-11(12-4-6-13(21)7-5-12)25-18(26)14-8-16(23)15(22)9-17(14)24(19(25)27)10-20(2,3)28/h4-9,11,28H,10H2,1-3H3/t11-/m0/s1. The molecule has 3 rings (SSSR count). The molecule has 0 unspecified atom stereocenters. The smallest absolute Gasteiger partial charge is 0.332 e. The van der Waals surface area contributed by atoms with Crippen LogP contribution in [0.5, 0.6) is 0 Å². The van der Waals surface area contributed by atoms with Crippen LogP contribution < -0.4 is 11.2 Å². The first-order valence-electron chi connectivity index (χ1n) is 8.61. The Bertz CT molecular complexity index is 1160. The zero-order valence-corrected chi connectivity index (χ0v) is 17.1. The molecular formula is C20H19Cl2FN2O3. The fourth-order valence-corrected chi connectivity index (χ4v) is 3.44. The van der Waals surface area contributed by atoms with Crippen molar-refractivity contribution in [2.75, 3.05) is 0 Å². The molecule has 2 aromatic carbocycles. The molecule has 5 nitrogen and oxygen atoms in total. The van der Waals surface area contributed by atoms with Crippen LogP contribution in [0, 0.1) is 5.82 Å². The first-order valence-corrected chi connectivity index (χ1v) is 9.37. The first-order chi connectivity index (χ1) is 13.0. The highest BCUT2D eigenvalue weighted by molar-refractivity contribution is 6.31. The van der Waals surface area contributed by atoms with Crippen LogP contribution in [0.15, 0.2) is 46.0 Å². The highest BCUT2D eigenvalue weighted by Gasteiger charge is 2.23. The van der Waals surface area contributed by atoms with Crippen molar-refractivity contribution in [1.29, 1.82) is 0 Å². The Balaban J connectivity index is 2.37. The average Bonchev–Trinajstić information content (AvgIpc) is 2.60. The zero-order valence-electron chi connectivity index (χ0n) is 15.5. The Hall–Kier alpha value is -2.15. The molecule has 0 aliphatic carbocycles. The summed E-state index contributed by atoms with van der Waals surface area (Å²) in [4.78, 5) is 26.3. The van der Waals surface area contributed by atoms with E-state index < -0.39 is 28.7 Å². The summed E-state index contributed by atoms with van der Waals surface area (Å²) in [6, 6.07) is 8.37. The minimum absolute atomic E-state index is 0.00608. The molecule has 0 aliphatic heterocycles. The summed E-state index contributed by atoms with van der Waals surface area (Å²) in [7, 11) is 0. The van der Waals surface area contributed by atoms with Crippen molar-refractivity contribution in [3.05, 3.63) is 78.7 Å². The monoisotopic (exact) mass is 424 g/mol. The number of nitrogens with zero attached hydrogens (tertiary/aromatic N) is 2. The number of rotatable bonds is 4. The summed E-state index contributed by atoms with van der Waals surface area (Å²) in [6.45, 7) is 4.67. The van der Waals surface area contributed by atoms with E-state index in [1.165, 1.54) is 24.5 Å². The van der Waals surface area contributed by atoms with E-state index in [2.05, 4.69) is 0 Å². The highest BCUT2D eigenvalue weighted by atomic mass is 35.5. The summed E-state index contributed by atoms with van der Waals surface area (Å²) in [6.07, 6.45) is 0. The van der Waals surface area contributed by atoms with Crippen LogP contribution >= 0.6 is 23.2 Å². The van der Waals surface area contributed by atoms with Gasteiger partial charge < -0.3 is 5.11 Å². The summed E-state index contributed by atoms with van der Waals surface area (Å²) in [5, 5.41) is 10.6. The lowest BCUT2D eigenvalue weighted by molar-refractivity contribution is 0.0609. The summed E-state index contributed by atoms with van der Waals surface area (Å²) < 4.78 is 16.4. The summed E-state index contributed by atoms with van der Waals surface area (Å²) >= 11 is 11.8. The molecule has 1 N–H and O–H groups in total. The van der Waals surface area contributed by atoms with Gasteiger partial charge in [0.05, 0.1) is 34.1 Å². The molecule has 0 spiro atoms. The SMILES string of the molecule is C[C@@H](c1ccc(Cl)cc1)n1c(=O)c2cc(F)c(Cl)cc2n(CC(C)(C)O)c1=O. The molecule has 0 amide bonds. The molecule has 28 heavy (non-hydrogen) atoms. The van der Waals surface area contributed by atoms with Gasteiger partial charge in [-0.2, -0.15) is 0 Å². The molecule has 0 aliphatic rings. The van der Waals surface area contributed by atoms with Gasteiger partial charge in [0, 0.05) is 5.02 Å². The second-order valence-corrected chi connectivity index (χ2v) is 8.21. The number of aliphatic hydroxyl groups is 1. The van der Waals surface area contributed by atoms with E-state index in [0.29, 0.717) is 10.6 Å². The van der Waals surface area contributed by atoms with Crippen molar-refractivity contribution in [1.82, 2.24) is 9.13 Å². The molecule has 0 saturated heterocycles. The van der Waals surface area contributed by atoms with Crippen LogP contribution in [0.3, 0.4) is 0 Å². The first kappa shape index (κ1) is 20.6. The van der Waals surface area contributed by atoms with Crippen LogP contribution in [-0.2, 0) is 6.54 Å². The molecule has 3 aromatic rings. The predicted molar refractivity (Wildman–Crippen MR) is 109 cm³/mol. The van der Waals surface area contributed by atoms with Gasteiger partial charge in [-0.3, -0.25) is 13.9 Å². The molecule has 0 radical (unpaired) electrons. The van der Waals surface area contributed by atoms with Gasteiger partial charge in [-0.05, 0) is 50.6 Å². The quantitative estimate of drug-likeness (QED) is 0.688. The third-order valence-electron chi connectivity index (χ3n) is 4.50. The van der Waals surface area contributed by atoms with Crippen LogP contribution in [0.25, 0.3) is 10.9 Å². The van der Waals surface area contributed by atoms with E-state index in [0.717, 1.165) is 10.6 Å². The lowest BCUT2D eigenvalue weighted by Gasteiger charge is -2.23. The van der Waals surface area contributed by atoms with Crippen LogP contribution in [0.4, 0.5) is 4.39 Å². The van der Waals surface area contributed by atoms with Crippen molar-refractivity contribution in [2.45, 2.75) is 39.0 Å².